The van der Waals surface area contributed by atoms with Crippen LogP contribution in [0, 0.1) is 0 Å². The van der Waals surface area contributed by atoms with Crippen LogP contribution in [-0.4, -0.2) is 70.0 Å². The predicted octanol–water partition coefficient (Wildman–Crippen LogP) is 11.6. The molecule has 56 heavy (non-hydrogen) atoms. The second-order valence-electron chi connectivity index (χ2n) is 15.3. The van der Waals surface area contributed by atoms with E-state index < -0.39 is 32.5 Å². The molecule has 9 nitrogen and oxygen atoms in total. The number of phosphoric ester groups is 1. The smallest absolute Gasteiger partial charge is 0.306 e. The van der Waals surface area contributed by atoms with Gasteiger partial charge >= 0.3 is 11.9 Å². The monoisotopic (exact) mass is 806 g/mol. The molecule has 0 aliphatic carbocycles. The third kappa shape index (κ3) is 41.1. The van der Waals surface area contributed by atoms with Crippen LogP contribution in [0.4, 0.5) is 0 Å². The number of allylic oxidation sites excluding steroid dienone is 12. The molecule has 0 aromatic heterocycles. The Morgan fingerprint density at radius 1 is 0.571 bits per heavy atom. The zero-order valence-corrected chi connectivity index (χ0v) is 36.9. The average Bonchev–Trinajstić information content (AvgIpc) is 3.15. The molecule has 0 heterocycles. The molecular weight excluding hydrogens is 725 g/mol. The van der Waals surface area contributed by atoms with Crippen LogP contribution in [0.25, 0.3) is 0 Å². The molecule has 0 radical (unpaired) electrons. The minimum absolute atomic E-state index is 0.0429. The van der Waals surface area contributed by atoms with Crippen LogP contribution < -0.4 is 4.89 Å². The number of quaternary nitrogens is 1. The molecule has 0 amide bonds. The summed E-state index contributed by atoms with van der Waals surface area (Å²) >= 11 is 0. The van der Waals surface area contributed by atoms with Crippen molar-refractivity contribution < 1.29 is 42.1 Å². The number of carbonyl (C=O) groups is 2. The third-order valence-corrected chi connectivity index (χ3v) is 9.67. The molecule has 0 aromatic carbocycles. The van der Waals surface area contributed by atoms with Gasteiger partial charge in [0.2, 0.25) is 0 Å². The lowest BCUT2D eigenvalue weighted by atomic mass is 10.1. The van der Waals surface area contributed by atoms with Gasteiger partial charge in [-0.25, -0.2) is 0 Å². The van der Waals surface area contributed by atoms with Gasteiger partial charge in [0.25, 0.3) is 7.82 Å². The summed E-state index contributed by atoms with van der Waals surface area (Å²) in [5, 5.41) is 0. The Bertz CT molecular complexity index is 1180. The van der Waals surface area contributed by atoms with Crippen molar-refractivity contribution >= 4 is 19.8 Å². The summed E-state index contributed by atoms with van der Waals surface area (Å²) in [5.41, 5.74) is 0. The van der Waals surface area contributed by atoms with E-state index in [9.17, 15) is 19.0 Å². The normalized spacial score (nSPS) is 14.3. The molecule has 322 valence electrons. The van der Waals surface area contributed by atoms with Crippen molar-refractivity contribution in [2.24, 2.45) is 0 Å². The number of carbonyl (C=O) groups excluding carboxylic acids is 2. The van der Waals surface area contributed by atoms with Crippen molar-refractivity contribution in [2.45, 2.75) is 161 Å². The number of rotatable bonds is 38. The zero-order valence-electron chi connectivity index (χ0n) is 36.1. The highest BCUT2D eigenvalue weighted by molar-refractivity contribution is 7.45. The van der Waals surface area contributed by atoms with Gasteiger partial charge in [0.15, 0.2) is 6.10 Å². The van der Waals surface area contributed by atoms with Crippen LogP contribution in [-0.2, 0) is 32.7 Å². The van der Waals surface area contributed by atoms with Crippen LogP contribution in [0.2, 0.25) is 0 Å². The van der Waals surface area contributed by atoms with Crippen molar-refractivity contribution in [3.63, 3.8) is 0 Å². The lowest BCUT2D eigenvalue weighted by Crippen LogP contribution is -2.37. The molecule has 10 heteroatoms. The summed E-state index contributed by atoms with van der Waals surface area (Å²) in [6.45, 7) is 4.01. The van der Waals surface area contributed by atoms with E-state index in [1.165, 1.54) is 44.9 Å². The fourth-order valence-corrected chi connectivity index (χ4v) is 6.05. The van der Waals surface area contributed by atoms with Gasteiger partial charge in [-0.15, -0.1) is 0 Å². The van der Waals surface area contributed by atoms with Crippen LogP contribution in [0.5, 0.6) is 0 Å². The Balaban J connectivity index is 4.46. The second-order valence-corrected chi connectivity index (χ2v) is 16.7. The minimum Gasteiger partial charge on any atom is -0.756 e. The zero-order chi connectivity index (χ0) is 41.4. The van der Waals surface area contributed by atoms with E-state index in [-0.39, 0.29) is 26.1 Å². The predicted molar refractivity (Wildman–Crippen MR) is 231 cm³/mol. The molecule has 0 N–H and O–H groups in total. The maximum absolute atomic E-state index is 12.7. The standard InChI is InChI=1S/C46H80NO8P/c1-6-8-10-12-14-16-18-20-22-23-25-27-29-31-33-35-37-39-46(49)55-44(43-54-56(50,51)53-41-40-47(3,4)5)42-52-45(48)38-36-34-32-30-28-26-24-21-19-17-15-13-11-9-7-2/h9,11,14-17,20-22,24,28,30,44H,6-8,10,12-13,18-19,23,25-27,29,31-43H2,1-5H3/b11-9+,16-14+,17-15+,22-20+,24-21+,30-28+/t44-/m1/s1. The second kappa shape index (κ2) is 38.0. The number of likely N-dealkylation sites (N-methyl/N-ethyl adjacent to an activating group) is 1. The first-order chi connectivity index (χ1) is 27.0. The van der Waals surface area contributed by atoms with Gasteiger partial charge in [0.05, 0.1) is 27.7 Å². The molecule has 0 fully saturated rings. The van der Waals surface area contributed by atoms with Crippen molar-refractivity contribution in [1.82, 2.24) is 0 Å². The van der Waals surface area contributed by atoms with Crippen LogP contribution in [0.1, 0.15) is 155 Å². The quantitative estimate of drug-likeness (QED) is 0.0199. The van der Waals surface area contributed by atoms with E-state index in [0.717, 1.165) is 70.6 Å². The number of hydrogen-bond donors (Lipinski definition) is 0. The van der Waals surface area contributed by atoms with Gasteiger partial charge in [-0.3, -0.25) is 14.2 Å². The Morgan fingerprint density at radius 2 is 1.02 bits per heavy atom. The first kappa shape index (κ1) is 53.5. The lowest BCUT2D eigenvalue weighted by Gasteiger charge is -2.28. The van der Waals surface area contributed by atoms with E-state index in [2.05, 4.69) is 86.8 Å². The number of ether oxygens (including phenoxy) is 2. The first-order valence-corrected chi connectivity index (χ1v) is 23.1. The van der Waals surface area contributed by atoms with E-state index >= 15 is 0 Å². The highest BCUT2D eigenvalue weighted by Gasteiger charge is 2.21. The van der Waals surface area contributed by atoms with E-state index in [0.29, 0.717) is 23.9 Å². The molecule has 0 bridgehead atoms. The number of unbranched alkanes of at least 4 members (excludes halogenated alkanes) is 12. The van der Waals surface area contributed by atoms with Gasteiger partial charge in [-0.1, -0.05) is 132 Å². The molecule has 0 aromatic rings. The summed E-state index contributed by atoms with van der Waals surface area (Å²) in [6.07, 6.45) is 46.4. The Labute approximate surface area is 342 Å². The van der Waals surface area contributed by atoms with E-state index in [1.807, 2.05) is 21.1 Å². The summed E-state index contributed by atoms with van der Waals surface area (Å²) in [6, 6.07) is 0. The average molecular weight is 806 g/mol. The molecule has 0 rings (SSSR count). The van der Waals surface area contributed by atoms with Crippen LogP contribution >= 0.6 is 7.82 Å². The van der Waals surface area contributed by atoms with Crippen LogP contribution in [0.3, 0.4) is 0 Å². The summed E-state index contributed by atoms with van der Waals surface area (Å²) in [5.74, 6) is -0.899. The molecule has 0 spiro atoms. The van der Waals surface area contributed by atoms with Crippen molar-refractivity contribution in [1.29, 1.82) is 0 Å². The Morgan fingerprint density at radius 3 is 1.55 bits per heavy atom. The maximum atomic E-state index is 12.7. The van der Waals surface area contributed by atoms with E-state index in [4.69, 9.17) is 18.5 Å². The largest absolute Gasteiger partial charge is 0.756 e. The fraction of sp³-hybridized carbons (Fsp3) is 0.696. The lowest BCUT2D eigenvalue weighted by molar-refractivity contribution is -0.870. The molecule has 0 aliphatic heterocycles. The Kier molecular flexibility index (Phi) is 36.3. The summed E-state index contributed by atoms with van der Waals surface area (Å²) in [4.78, 5) is 37.5. The molecule has 2 atom stereocenters. The number of hydrogen-bond acceptors (Lipinski definition) is 8. The fourth-order valence-electron chi connectivity index (χ4n) is 5.32. The highest BCUT2D eigenvalue weighted by atomic mass is 31.2. The van der Waals surface area contributed by atoms with Crippen molar-refractivity contribution in [3.05, 3.63) is 72.9 Å². The summed E-state index contributed by atoms with van der Waals surface area (Å²) < 4.78 is 33.8. The SMILES string of the molecule is CC/C=C/C/C=C/C/C=C/C/C=C/CCCCC(=O)OC[C@H](COP(=O)([O-])OCC[N+](C)(C)C)OC(=O)CCCCCCCCC/C=C/C/C=C/CCCCC. The van der Waals surface area contributed by atoms with Gasteiger partial charge in [0, 0.05) is 12.8 Å². The van der Waals surface area contributed by atoms with Crippen LogP contribution in [0.15, 0.2) is 72.9 Å². The minimum atomic E-state index is -4.64. The maximum Gasteiger partial charge on any atom is 0.306 e. The number of esters is 2. The van der Waals surface area contributed by atoms with Crippen molar-refractivity contribution in [3.8, 4) is 0 Å². The van der Waals surface area contributed by atoms with E-state index in [1.54, 1.807) is 0 Å². The summed E-state index contributed by atoms with van der Waals surface area (Å²) in [7, 11) is 1.12. The van der Waals surface area contributed by atoms with Crippen molar-refractivity contribution in [2.75, 3.05) is 47.5 Å². The Hall–Kier alpha value is -2.55. The molecular formula is C46H80NO8P. The molecule has 0 saturated carbocycles. The van der Waals surface area contributed by atoms with Gasteiger partial charge in [-0.2, -0.15) is 0 Å². The highest BCUT2D eigenvalue weighted by Crippen LogP contribution is 2.38. The number of nitrogens with zero attached hydrogens (tertiary/aromatic N) is 1. The van der Waals surface area contributed by atoms with Gasteiger partial charge in [0.1, 0.15) is 19.8 Å². The molecule has 1 unspecified atom stereocenters. The first-order valence-electron chi connectivity index (χ1n) is 21.6. The number of phosphoric acid groups is 1. The van der Waals surface area contributed by atoms with Gasteiger partial charge in [-0.05, 0) is 83.5 Å². The molecule has 0 saturated heterocycles. The molecule has 0 aliphatic rings. The third-order valence-electron chi connectivity index (χ3n) is 8.71. The topological polar surface area (TPSA) is 111 Å². The van der Waals surface area contributed by atoms with Gasteiger partial charge < -0.3 is 27.9 Å².